The molecule has 3 aliphatic rings. The predicted molar refractivity (Wildman–Crippen MR) is 123 cm³/mol. The van der Waals surface area contributed by atoms with Crippen molar-refractivity contribution in [2.75, 3.05) is 24.7 Å². The van der Waals surface area contributed by atoms with E-state index in [4.69, 9.17) is 11.6 Å². The SMILES string of the molecule is O=C1NCN(c2ccccc2)C12CCN([C@@H]1CCCC[C@]1(O)c1cccc(Cl)c1)CC2. The molecule has 2 atom stereocenters. The van der Waals surface area contributed by atoms with Gasteiger partial charge in [0.15, 0.2) is 0 Å². The molecule has 5 rings (SSSR count). The highest BCUT2D eigenvalue weighted by Gasteiger charge is 2.53. The average molecular weight is 440 g/mol. The van der Waals surface area contributed by atoms with Crippen LogP contribution in [0.25, 0.3) is 0 Å². The number of piperidine rings is 1. The summed E-state index contributed by atoms with van der Waals surface area (Å²) in [6, 6.07) is 17.9. The van der Waals surface area contributed by atoms with Crippen LogP contribution in [0.4, 0.5) is 5.69 Å². The lowest BCUT2D eigenvalue weighted by Crippen LogP contribution is -2.61. The minimum atomic E-state index is -0.898. The molecule has 2 heterocycles. The monoisotopic (exact) mass is 439 g/mol. The van der Waals surface area contributed by atoms with E-state index in [9.17, 15) is 9.90 Å². The normalized spacial score (nSPS) is 28.6. The zero-order chi connectivity index (χ0) is 21.5. The maximum Gasteiger partial charge on any atom is 0.247 e. The maximum absolute atomic E-state index is 13.0. The Morgan fingerprint density at radius 3 is 2.52 bits per heavy atom. The molecular weight excluding hydrogens is 410 g/mol. The summed E-state index contributed by atoms with van der Waals surface area (Å²) in [5, 5.41) is 15.6. The third kappa shape index (κ3) is 3.53. The number of benzene rings is 2. The Kier molecular flexibility index (Phi) is 5.45. The second-order valence-electron chi connectivity index (χ2n) is 9.19. The van der Waals surface area contributed by atoms with E-state index < -0.39 is 11.1 Å². The molecule has 2 aromatic carbocycles. The van der Waals surface area contributed by atoms with Gasteiger partial charge in [-0.1, -0.05) is 54.8 Å². The highest BCUT2D eigenvalue weighted by Crippen LogP contribution is 2.44. The van der Waals surface area contributed by atoms with Crippen molar-refractivity contribution in [2.45, 2.75) is 55.7 Å². The fourth-order valence-corrected chi connectivity index (χ4v) is 6.15. The van der Waals surface area contributed by atoms with Gasteiger partial charge in [-0.2, -0.15) is 0 Å². The summed E-state index contributed by atoms with van der Waals surface area (Å²) in [5.74, 6) is 0.129. The van der Waals surface area contributed by atoms with E-state index in [2.05, 4.69) is 27.2 Å². The molecule has 3 fully saturated rings. The van der Waals surface area contributed by atoms with E-state index in [0.717, 1.165) is 62.9 Å². The van der Waals surface area contributed by atoms with Gasteiger partial charge < -0.3 is 15.3 Å². The number of carbonyl (C=O) groups is 1. The molecule has 2 aliphatic heterocycles. The second-order valence-corrected chi connectivity index (χ2v) is 9.63. The van der Waals surface area contributed by atoms with Gasteiger partial charge in [-0.05, 0) is 55.5 Å². The molecule has 5 nitrogen and oxygen atoms in total. The van der Waals surface area contributed by atoms with Crippen molar-refractivity contribution in [1.29, 1.82) is 0 Å². The first-order valence-electron chi connectivity index (χ1n) is 11.4. The van der Waals surface area contributed by atoms with Crippen LogP contribution in [0, 0.1) is 0 Å². The first kappa shape index (κ1) is 20.8. The lowest BCUT2D eigenvalue weighted by atomic mass is 9.73. The summed E-state index contributed by atoms with van der Waals surface area (Å²) in [6.07, 6.45) is 5.36. The van der Waals surface area contributed by atoms with E-state index >= 15 is 0 Å². The number of amides is 1. The van der Waals surface area contributed by atoms with Crippen LogP contribution >= 0.6 is 11.6 Å². The van der Waals surface area contributed by atoms with Gasteiger partial charge in [-0.15, -0.1) is 0 Å². The average Bonchev–Trinajstić information content (AvgIpc) is 3.11. The van der Waals surface area contributed by atoms with Crippen molar-refractivity contribution in [3.05, 3.63) is 65.2 Å². The molecule has 1 amide bonds. The van der Waals surface area contributed by atoms with E-state index in [1.165, 1.54) is 0 Å². The fraction of sp³-hybridized carbons (Fsp3) is 0.480. The van der Waals surface area contributed by atoms with E-state index in [0.29, 0.717) is 11.7 Å². The van der Waals surface area contributed by atoms with Crippen molar-refractivity contribution < 1.29 is 9.90 Å². The minimum absolute atomic E-state index is 0.0479. The maximum atomic E-state index is 13.0. The molecular formula is C25H30ClN3O2. The van der Waals surface area contributed by atoms with Crippen LogP contribution in [-0.4, -0.2) is 47.3 Å². The van der Waals surface area contributed by atoms with Crippen LogP contribution in [0.2, 0.25) is 5.02 Å². The van der Waals surface area contributed by atoms with Crippen LogP contribution in [0.5, 0.6) is 0 Å². The molecule has 164 valence electrons. The summed E-state index contributed by atoms with van der Waals surface area (Å²) in [6.45, 7) is 2.15. The number of nitrogens with zero attached hydrogens (tertiary/aromatic N) is 2. The number of likely N-dealkylation sites (tertiary alicyclic amines) is 1. The summed E-state index contributed by atoms with van der Waals surface area (Å²) in [7, 11) is 0. The molecule has 1 aliphatic carbocycles. The smallest absolute Gasteiger partial charge is 0.247 e. The zero-order valence-electron chi connectivity index (χ0n) is 17.8. The van der Waals surface area contributed by atoms with Gasteiger partial charge in [-0.25, -0.2) is 0 Å². The Morgan fingerprint density at radius 1 is 1.00 bits per heavy atom. The molecule has 0 bridgehead atoms. The van der Waals surface area contributed by atoms with Crippen molar-refractivity contribution in [3.8, 4) is 0 Å². The summed E-state index contributed by atoms with van der Waals surface area (Å²) in [5.41, 5.74) is 0.600. The number of halogens is 1. The molecule has 2 saturated heterocycles. The highest BCUT2D eigenvalue weighted by molar-refractivity contribution is 6.30. The van der Waals surface area contributed by atoms with Crippen LogP contribution in [0.3, 0.4) is 0 Å². The van der Waals surface area contributed by atoms with Gasteiger partial charge in [0.1, 0.15) is 11.1 Å². The van der Waals surface area contributed by atoms with E-state index in [1.54, 1.807) is 0 Å². The van der Waals surface area contributed by atoms with Crippen molar-refractivity contribution >= 4 is 23.2 Å². The number of hydrogen-bond acceptors (Lipinski definition) is 4. The standard InChI is InChI=1S/C25H30ClN3O2/c26-20-8-6-7-19(17-20)25(31)12-5-4-11-22(25)28-15-13-24(14-16-28)23(30)27-18-29(24)21-9-2-1-3-10-21/h1-3,6-10,17,22,31H,4-5,11-16,18H2,(H,27,30)/t22-,25+/m1/s1. The van der Waals surface area contributed by atoms with Gasteiger partial charge in [0.05, 0.1) is 6.67 Å². The molecule has 0 aromatic heterocycles. The molecule has 2 N–H and O–H groups in total. The van der Waals surface area contributed by atoms with Gasteiger partial charge in [0.25, 0.3) is 0 Å². The van der Waals surface area contributed by atoms with Gasteiger partial charge in [0, 0.05) is 29.8 Å². The second kappa shape index (κ2) is 8.12. The lowest BCUT2D eigenvalue weighted by Gasteiger charge is -2.51. The number of para-hydroxylation sites is 1. The molecule has 1 spiro atoms. The summed E-state index contributed by atoms with van der Waals surface area (Å²) in [4.78, 5) is 17.6. The Bertz CT molecular complexity index is 945. The van der Waals surface area contributed by atoms with Crippen molar-refractivity contribution in [2.24, 2.45) is 0 Å². The Morgan fingerprint density at radius 2 is 1.77 bits per heavy atom. The first-order valence-corrected chi connectivity index (χ1v) is 11.7. The van der Waals surface area contributed by atoms with Crippen molar-refractivity contribution in [3.63, 3.8) is 0 Å². The topological polar surface area (TPSA) is 55.8 Å². The summed E-state index contributed by atoms with van der Waals surface area (Å²) >= 11 is 6.26. The molecule has 1 saturated carbocycles. The van der Waals surface area contributed by atoms with Crippen LogP contribution < -0.4 is 10.2 Å². The molecule has 0 unspecified atom stereocenters. The Balaban J connectivity index is 1.38. The lowest BCUT2D eigenvalue weighted by molar-refractivity contribution is -0.127. The number of hydrogen-bond donors (Lipinski definition) is 2. The number of rotatable bonds is 3. The summed E-state index contributed by atoms with van der Waals surface area (Å²) < 4.78 is 0. The van der Waals surface area contributed by atoms with Gasteiger partial charge >= 0.3 is 0 Å². The molecule has 6 heteroatoms. The molecule has 31 heavy (non-hydrogen) atoms. The highest BCUT2D eigenvalue weighted by atomic mass is 35.5. The third-order valence-corrected chi connectivity index (χ3v) is 7.87. The van der Waals surface area contributed by atoms with Crippen molar-refractivity contribution in [1.82, 2.24) is 10.2 Å². The van der Waals surface area contributed by atoms with Crippen LogP contribution in [-0.2, 0) is 10.4 Å². The number of aliphatic hydroxyl groups is 1. The number of carbonyl (C=O) groups excluding carboxylic acids is 1. The largest absolute Gasteiger partial charge is 0.384 e. The Labute approximate surface area is 189 Å². The van der Waals surface area contributed by atoms with Gasteiger partial charge in [0.2, 0.25) is 5.91 Å². The zero-order valence-corrected chi connectivity index (χ0v) is 18.5. The number of nitrogens with one attached hydrogen (secondary N) is 1. The minimum Gasteiger partial charge on any atom is -0.384 e. The van der Waals surface area contributed by atoms with Crippen LogP contribution in [0.1, 0.15) is 44.1 Å². The Hall–Kier alpha value is -2.08. The van der Waals surface area contributed by atoms with E-state index in [-0.39, 0.29) is 11.9 Å². The first-order chi connectivity index (χ1) is 15.0. The quantitative estimate of drug-likeness (QED) is 0.761. The van der Waals surface area contributed by atoms with Gasteiger partial charge in [-0.3, -0.25) is 9.69 Å². The van der Waals surface area contributed by atoms with E-state index in [1.807, 2.05) is 42.5 Å². The molecule has 0 radical (unpaired) electrons. The fourth-order valence-electron chi connectivity index (χ4n) is 5.95. The third-order valence-electron chi connectivity index (χ3n) is 7.63. The predicted octanol–water partition coefficient (Wildman–Crippen LogP) is 3.90. The molecule has 2 aromatic rings. The number of anilines is 1. The van der Waals surface area contributed by atoms with Crippen LogP contribution in [0.15, 0.2) is 54.6 Å².